The third kappa shape index (κ3) is 4.80. The largest absolute Gasteiger partial charge is 0.489 e. The van der Waals surface area contributed by atoms with Crippen LogP contribution in [-0.4, -0.2) is 26.0 Å². The van der Waals surface area contributed by atoms with Crippen molar-refractivity contribution in [2.45, 2.75) is 13.3 Å². The van der Waals surface area contributed by atoms with Gasteiger partial charge in [-0.15, -0.1) is 0 Å². The number of nitrogens with zero attached hydrogens (tertiary/aromatic N) is 1. The maximum absolute atomic E-state index is 5.80. The molecule has 3 rings (SSSR count). The van der Waals surface area contributed by atoms with E-state index in [9.17, 15) is 0 Å². The van der Waals surface area contributed by atoms with Crippen molar-refractivity contribution in [3.05, 3.63) is 71.3 Å². The van der Waals surface area contributed by atoms with Crippen molar-refractivity contribution in [2.24, 2.45) is 4.99 Å². The SMILES string of the molecule is Cc1ccc(C=Nc2ccc(OCC3=CCOCC3)cc2)cc1. The molecule has 0 fully saturated rings. The van der Waals surface area contributed by atoms with Crippen LogP contribution >= 0.6 is 0 Å². The molecule has 23 heavy (non-hydrogen) atoms. The molecule has 0 N–H and O–H groups in total. The minimum atomic E-state index is 0.634. The second-order valence-electron chi connectivity index (χ2n) is 5.64. The lowest BCUT2D eigenvalue weighted by molar-refractivity contribution is 0.150. The van der Waals surface area contributed by atoms with Crippen molar-refractivity contribution in [1.82, 2.24) is 0 Å². The highest BCUT2D eigenvalue weighted by molar-refractivity contribution is 5.81. The lowest BCUT2D eigenvalue weighted by Gasteiger charge is -2.14. The lowest BCUT2D eigenvalue weighted by atomic mass is 10.2. The number of rotatable bonds is 5. The average molecular weight is 307 g/mol. The minimum absolute atomic E-state index is 0.634. The summed E-state index contributed by atoms with van der Waals surface area (Å²) in [4.78, 5) is 4.49. The minimum Gasteiger partial charge on any atom is -0.489 e. The van der Waals surface area contributed by atoms with E-state index >= 15 is 0 Å². The van der Waals surface area contributed by atoms with Crippen LogP contribution in [0.1, 0.15) is 17.5 Å². The Morgan fingerprint density at radius 2 is 1.87 bits per heavy atom. The summed E-state index contributed by atoms with van der Waals surface area (Å²) in [6, 6.07) is 16.2. The number of aryl methyl sites for hydroxylation is 1. The van der Waals surface area contributed by atoms with Gasteiger partial charge < -0.3 is 9.47 Å². The zero-order valence-electron chi connectivity index (χ0n) is 13.4. The van der Waals surface area contributed by atoms with E-state index in [0.717, 1.165) is 30.0 Å². The molecule has 0 aromatic heterocycles. The van der Waals surface area contributed by atoms with E-state index in [1.165, 1.54) is 11.1 Å². The van der Waals surface area contributed by atoms with Gasteiger partial charge >= 0.3 is 0 Å². The van der Waals surface area contributed by atoms with Crippen molar-refractivity contribution in [3.8, 4) is 5.75 Å². The van der Waals surface area contributed by atoms with Gasteiger partial charge in [-0.1, -0.05) is 35.9 Å². The zero-order valence-corrected chi connectivity index (χ0v) is 13.4. The second kappa shape index (κ2) is 7.75. The molecule has 0 radical (unpaired) electrons. The predicted octanol–water partition coefficient (Wildman–Crippen LogP) is 4.47. The zero-order chi connectivity index (χ0) is 15.9. The molecule has 1 aliphatic heterocycles. The number of hydrogen-bond acceptors (Lipinski definition) is 3. The van der Waals surface area contributed by atoms with Gasteiger partial charge in [-0.25, -0.2) is 0 Å². The molecule has 2 aromatic carbocycles. The Hall–Kier alpha value is -2.39. The van der Waals surface area contributed by atoms with Gasteiger partial charge in [-0.05, 0) is 48.7 Å². The summed E-state index contributed by atoms with van der Waals surface area (Å²) in [6.45, 7) is 4.21. The van der Waals surface area contributed by atoms with E-state index < -0.39 is 0 Å². The van der Waals surface area contributed by atoms with Gasteiger partial charge in [0.1, 0.15) is 12.4 Å². The summed E-state index contributed by atoms with van der Waals surface area (Å²) < 4.78 is 11.1. The van der Waals surface area contributed by atoms with E-state index in [-0.39, 0.29) is 0 Å². The summed E-state index contributed by atoms with van der Waals surface area (Å²) in [7, 11) is 0. The van der Waals surface area contributed by atoms with Crippen LogP contribution in [0.3, 0.4) is 0 Å². The summed E-state index contributed by atoms with van der Waals surface area (Å²) in [5.41, 5.74) is 4.58. The molecule has 0 unspecified atom stereocenters. The first-order valence-electron chi connectivity index (χ1n) is 7.89. The Balaban J connectivity index is 1.56. The topological polar surface area (TPSA) is 30.8 Å². The van der Waals surface area contributed by atoms with E-state index in [4.69, 9.17) is 9.47 Å². The summed E-state index contributed by atoms with van der Waals surface area (Å²) in [5.74, 6) is 0.867. The predicted molar refractivity (Wildman–Crippen MR) is 93.9 cm³/mol. The van der Waals surface area contributed by atoms with Gasteiger partial charge in [0.25, 0.3) is 0 Å². The highest BCUT2D eigenvalue weighted by Gasteiger charge is 2.04. The first-order valence-corrected chi connectivity index (χ1v) is 7.89. The van der Waals surface area contributed by atoms with Crippen LogP contribution in [-0.2, 0) is 4.74 Å². The number of hydrogen-bond donors (Lipinski definition) is 0. The second-order valence-corrected chi connectivity index (χ2v) is 5.64. The van der Waals surface area contributed by atoms with E-state index in [0.29, 0.717) is 13.2 Å². The van der Waals surface area contributed by atoms with Crippen LogP contribution in [0.25, 0.3) is 0 Å². The fourth-order valence-electron chi connectivity index (χ4n) is 2.30. The smallest absolute Gasteiger partial charge is 0.119 e. The van der Waals surface area contributed by atoms with Crippen LogP contribution in [0, 0.1) is 6.92 Å². The molecule has 1 aliphatic rings. The Morgan fingerprint density at radius 3 is 2.57 bits per heavy atom. The van der Waals surface area contributed by atoms with Crippen LogP contribution in [0.2, 0.25) is 0 Å². The molecule has 3 heteroatoms. The average Bonchev–Trinajstić information content (AvgIpc) is 2.61. The van der Waals surface area contributed by atoms with E-state index in [1.54, 1.807) is 0 Å². The quantitative estimate of drug-likeness (QED) is 0.602. The third-order valence-corrected chi connectivity index (χ3v) is 3.76. The standard InChI is InChI=1S/C20H21NO2/c1-16-2-4-17(5-3-16)14-21-19-6-8-20(9-7-19)23-15-18-10-12-22-13-11-18/h2-10,14H,11-13,15H2,1H3. The van der Waals surface area contributed by atoms with E-state index in [1.807, 2.05) is 30.5 Å². The van der Waals surface area contributed by atoms with Crippen molar-refractivity contribution in [1.29, 1.82) is 0 Å². The maximum Gasteiger partial charge on any atom is 0.119 e. The van der Waals surface area contributed by atoms with Crippen LogP contribution in [0.5, 0.6) is 5.75 Å². The Morgan fingerprint density at radius 1 is 1.09 bits per heavy atom. The highest BCUT2D eigenvalue weighted by atomic mass is 16.5. The molecule has 0 bridgehead atoms. The van der Waals surface area contributed by atoms with Crippen LogP contribution in [0.15, 0.2) is 65.2 Å². The first-order chi connectivity index (χ1) is 11.3. The fraction of sp³-hybridized carbons (Fsp3) is 0.250. The van der Waals surface area contributed by atoms with Gasteiger partial charge in [-0.3, -0.25) is 4.99 Å². The van der Waals surface area contributed by atoms with Crippen molar-refractivity contribution >= 4 is 11.9 Å². The monoisotopic (exact) mass is 307 g/mol. The van der Waals surface area contributed by atoms with Crippen molar-refractivity contribution in [3.63, 3.8) is 0 Å². The molecule has 0 saturated carbocycles. The third-order valence-electron chi connectivity index (χ3n) is 3.76. The van der Waals surface area contributed by atoms with Gasteiger partial charge in [0, 0.05) is 6.21 Å². The Kier molecular flexibility index (Phi) is 5.22. The molecule has 2 aromatic rings. The van der Waals surface area contributed by atoms with Gasteiger partial charge in [0.15, 0.2) is 0 Å². The molecule has 118 valence electrons. The highest BCUT2D eigenvalue weighted by Crippen LogP contribution is 2.19. The molecule has 1 heterocycles. The Labute approximate surface area is 137 Å². The summed E-state index contributed by atoms with van der Waals surface area (Å²) in [5, 5.41) is 0. The van der Waals surface area contributed by atoms with Gasteiger partial charge in [0.2, 0.25) is 0 Å². The molecule has 0 atom stereocenters. The summed E-state index contributed by atoms with van der Waals surface area (Å²) >= 11 is 0. The maximum atomic E-state index is 5.80. The first kappa shape index (κ1) is 15.5. The van der Waals surface area contributed by atoms with Crippen LogP contribution in [0.4, 0.5) is 5.69 Å². The van der Waals surface area contributed by atoms with Crippen molar-refractivity contribution in [2.75, 3.05) is 19.8 Å². The Bertz CT molecular complexity index is 685. The normalized spacial score (nSPS) is 14.7. The molecule has 0 aliphatic carbocycles. The van der Waals surface area contributed by atoms with Crippen LogP contribution < -0.4 is 4.74 Å². The van der Waals surface area contributed by atoms with Crippen molar-refractivity contribution < 1.29 is 9.47 Å². The molecule has 0 spiro atoms. The number of ether oxygens (including phenoxy) is 2. The number of aliphatic imine (C=N–C) groups is 1. The lowest BCUT2D eigenvalue weighted by Crippen LogP contribution is -2.10. The number of benzene rings is 2. The molecule has 3 nitrogen and oxygen atoms in total. The van der Waals surface area contributed by atoms with E-state index in [2.05, 4.69) is 42.3 Å². The molecular formula is C20H21NO2. The summed E-state index contributed by atoms with van der Waals surface area (Å²) in [6.07, 6.45) is 4.94. The van der Waals surface area contributed by atoms with Gasteiger partial charge in [-0.2, -0.15) is 0 Å². The van der Waals surface area contributed by atoms with Gasteiger partial charge in [0.05, 0.1) is 18.9 Å². The fourth-order valence-corrected chi connectivity index (χ4v) is 2.30. The molecular weight excluding hydrogens is 286 g/mol. The molecule has 0 amide bonds. The molecule has 0 saturated heterocycles.